The highest BCUT2D eigenvalue weighted by atomic mass is 35.5. The maximum Gasteiger partial charge on any atom is 0.446 e. The summed E-state index contributed by atoms with van der Waals surface area (Å²) in [6, 6.07) is 22.3. The molecule has 3 aliphatic rings. The van der Waals surface area contributed by atoms with Crippen molar-refractivity contribution in [3.63, 3.8) is 0 Å². The van der Waals surface area contributed by atoms with Crippen molar-refractivity contribution in [3.05, 3.63) is 107 Å². The molecule has 0 unspecified atom stereocenters. The molecule has 2 aliphatic heterocycles. The van der Waals surface area contributed by atoms with Gasteiger partial charge in [-0.1, -0.05) is 43.2 Å². The Balaban J connectivity index is 0.966. The minimum absolute atomic E-state index is 0.0288. The number of hydrogen-bond donors (Lipinski definition) is 3. The van der Waals surface area contributed by atoms with Crippen LogP contribution < -0.4 is 19.7 Å². The molecule has 62 heavy (non-hydrogen) atoms. The second-order valence-electron chi connectivity index (χ2n) is 16.7. The molecule has 16 heteroatoms. The van der Waals surface area contributed by atoms with Crippen LogP contribution in [0.1, 0.15) is 49.0 Å². The summed E-state index contributed by atoms with van der Waals surface area (Å²) in [5.74, 6) is 0.358. The normalized spacial score (nSPS) is 17.7. The molecule has 328 valence electrons. The molecule has 1 aliphatic carbocycles. The van der Waals surface area contributed by atoms with E-state index in [0.29, 0.717) is 54.0 Å². The number of amides is 1. The molecule has 2 fully saturated rings. The number of carbonyl (C=O) groups excluding carboxylic acids is 1. The number of carbonyl (C=O) groups is 1. The van der Waals surface area contributed by atoms with Crippen molar-refractivity contribution in [3.8, 4) is 11.5 Å². The summed E-state index contributed by atoms with van der Waals surface area (Å²) in [7, 11) is 0. The quantitative estimate of drug-likeness (QED) is 0.0738. The summed E-state index contributed by atoms with van der Waals surface area (Å²) in [6.45, 7) is 13.0. The SMILES string of the molecule is CC1(C)CCC(c2ccc(Cl)cc2)=C(CN2CCN(c3ccc(C(=O)NSc4ccc(NCCN5CCOCC5)c(SC(F)(F)F)c4)c(Oc4cnc5[nH]ccc5c4)c3)CC2)C1. The average Bonchev–Trinajstić information content (AvgIpc) is 3.72. The predicted octanol–water partition coefficient (Wildman–Crippen LogP) is 10.6. The van der Waals surface area contributed by atoms with Crippen molar-refractivity contribution in [2.45, 2.75) is 48.4 Å². The Labute approximate surface area is 374 Å². The minimum Gasteiger partial charge on any atom is -0.455 e. The van der Waals surface area contributed by atoms with Crippen LogP contribution in [0.4, 0.5) is 24.5 Å². The number of halogens is 4. The zero-order valence-electron chi connectivity index (χ0n) is 34.8. The van der Waals surface area contributed by atoms with Gasteiger partial charge in [0, 0.05) is 103 Å². The standard InChI is InChI=1S/C46H51ClF3N7O3S2/c1-45(2)13-11-38(31-3-5-34(47)6-4-31)33(28-45)30-56-17-19-57(20-18-56)35-7-9-39(41(26-35)60-36-25-32-12-14-52-43(32)53-29-36)44(58)54-62-37-8-10-40(42(27-37)61-46(48,49)50)51-15-16-55-21-23-59-24-22-55/h3-10,12,14,25-27,29,51H,11,13,15-24,28,30H2,1-2H3,(H,52,53)(H,54,58). The van der Waals surface area contributed by atoms with Crippen LogP contribution in [0.5, 0.6) is 11.5 Å². The van der Waals surface area contributed by atoms with Crippen molar-refractivity contribution in [2.75, 3.05) is 82.3 Å². The van der Waals surface area contributed by atoms with Crippen LogP contribution in [-0.4, -0.2) is 103 Å². The van der Waals surface area contributed by atoms with E-state index in [9.17, 15) is 18.0 Å². The fraction of sp³-hybridized carbons (Fsp3) is 0.391. The van der Waals surface area contributed by atoms with Crippen LogP contribution in [0.15, 0.2) is 101 Å². The van der Waals surface area contributed by atoms with Crippen LogP contribution in [-0.2, 0) is 4.74 Å². The third-order valence-electron chi connectivity index (χ3n) is 11.6. The number of piperazine rings is 1. The lowest BCUT2D eigenvalue weighted by atomic mass is 9.73. The van der Waals surface area contributed by atoms with E-state index in [4.69, 9.17) is 21.1 Å². The highest BCUT2D eigenvalue weighted by Gasteiger charge is 2.32. The Morgan fingerprint density at radius 1 is 0.968 bits per heavy atom. The van der Waals surface area contributed by atoms with Crippen molar-refractivity contribution < 1.29 is 27.4 Å². The number of rotatable bonds is 14. The molecule has 4 heterocycles. The molecule has 0 spiro atoms. The van der Waals surface area contributed by atoms with Crippen molar-refractivity contribution in [2.24, 2.45) is 5.41 Å². The lowest BCUT2D eigenvalue weighted by Gasteiger charge is -2.39. The number of morpholine rings is 1. The van der Waals surface area contributed by atoms with Crippen LogP contribution in [0, 0.1) is 5.41 Å². The molecule has 0 radical (unpaired) electrons. The molecule has 3 N–H and O–H groups in total. The third-order valence-corrected chi connectivity index (χ3v) is 13.4. The number of aromatic nitrogens is 2. The number of nitrogens with one attached hydrogen (secondary N) is 3. The molecular formula is C46H51ClF3N7O3S2. The summed E-state index contributed by atoms with van der Waals surface area (Å²) in [5.41, 5.74) is 2.25. The summed E-state index contributed by atoms with van der Waals surface area (Å²) in [4.78, 5) is 29.0. The molecule has 8 rings (SSSR count). The molecular weight excluding hydrogens is 855 g/mol. The molecule has 10 nitrogen and oxygen atoms in total. The summed E-state index contributed by atoms with van der Waals surface area (Å²) >= 11 is 7.01. The van der Waals surface area contributed by atoms with E-state index < -0.39 is 11.4 Å². The van der Waals surface area contributed by atoms with E-state index in [-0.39, 0.29) is 27.6 Å². The number of pyridine rings is 1. The van der Waals surface area contributed by atoms with E-state index in [0.717, 1.165) is 93.1 Å². The van der Waals surface area contributed by atoms with Gasteiger partial charge in [0.05, 0.1) is 25.0 Å². The Bertz CT molecular complexity index is 2380. The van der Waals surface area contributed by atoms with Crippen LogP contribution in [0.25, 0.3) is 16.6 Å². The number of hydrogen-bond acceptors (Lipinski definition) is 10. The van der Waals surface area contributed by atoms with Gasteiger partial charge in [0.2, 0.25) is 0 Å². The van der Waals surface area contributed by atoms with Gasteiger partial charge in [0.25, 0.3) is 5.91 Å². The second-order valence-corrected chi connectivity index (χ2v) is 19.1. The van der Waals surface area contributed by atoms with Crippen molar-refractivity contribution in [1.29, 1.82) is 0 Å². The Hall–Kier alpha value is -4.38. The number of alkyl halides is 3. The number of aromatic amines is 1. The number of anilines is 2. The van der Waals surface area contributed by atoms with Gasteiger partial charge >= 0.3 is 5.51 Å². The highest BCUT2D eigenvalue weighted by molar-refractivity contribution is 8.00. The van der Waals surface area contributed by atoms with Gasteiger partial charge in [-0.3, -0.25) is 19.3 Å². The lowest BCUT2D eigenvalue weighted by Crippen LogP contribution is -2.47. The number of thioether (sulfide) groups is 1. The molecule has 1 amide bonds. The van der Waals surface area contributed by atoms with Gasteiger partial charge in [-0.15, -0.1) is 0 Å². The van der Waals surface area contributed by atoms with Gasteiger partial charge in [-0.25, -0.2) is 4.98 Å². The molecule has 0 bridgehead atoms. The van der Waals surface area contributed by atoms with Crippen LogP contribution in [0.2, 0.25) is 5.02 Å². The maximum absolute atomic E-state index is 13.9. The third kappa shape index (κ3) is 11.6. The number of nitrogens with zero attached hydrogens (tertiary/aromatic N) is 4. The van der Waals surface area contributed by atoms with Gasteiger partial charge in [-0.05, 0) is 114 Å². The van der Waals surface area contributed by atoms with Crippen molar-refractivity contribution >= 4 is 69.2 Å². The average molecular weight is 907 g/mol. The van der Waals surface area contributed by atoms with E-state index in [1.807, 2.05) is 36.4 Å². The monoisotopic (exact) mass is 905 g/mol. The summed E-state index contributed by atoms with van der Waals surface area (Å²) < 4.78 is 55.7. The molecule has 3 aromatic carbocycles. The minimum atomic E-state index is -4.49. The molecule has 2 aromatic heterocycles. The first kappa shape index (κ1) is 44.2. The maximum atomic E-state index is 13.9. The topological polar surface area (TPSA) is 98.0 Å². The van der Waals surface area contributed by atoms with E-state index >= 15 is 0 Å². The number of allylic oxidation sites excluding steroid dienone is 1. The largest absolute Gasteiger partial charge is 0.455 e. The first-order valence-electron chi connectivity index (χ1n) is 20.9. The van der Waals surface area contributed by atoms with Crippen LogP contribution >= 0.6 is 35.3 Å². The Morgan fingerprint density at radius 2 is 1.76 bits per heavy atom. The van der Waals surface area contributed by atoms with E-state index in [1.165, 1.54) is 22.8 Å². The first-order chi connectivity index (χ1) is 29.8. The van der Waals surface area contributed by atoms with Crippen LogP contribution in [0.3, 0.4) is 0 Å². The first-order valence-corrected chi connectivity index (χ1v) is 23.0. The van der Waals surface area contributed by atoms with E-state index in [1.54, 1.807) is 30.6 Å². The zero-order valence-corrected chi connectivity index (χ0v) is 37.2. The number of ether oxygens (including phenoxy) is 2. The Kier molecular flexibility index (Phi) is 14.0. The molecule has 2 saturated heterocycles. The van der Waals surface area contributed by atoms with Gasteiger partial charge < -0.3 is 24.7 Å². The molecule has 0 saturated carbocycles. The highest BCUT2D eigenvalue weighted by Crippen LogP contribution is 2.44. The van der Waals surface area contributed by atoms with Gasteiger partial charge in [0.15, 0.2) is 0 Å². The molecule has 5 aromatic rings. The second kappa shape index (κ2) is 19.6. The van der Waals surface area contributed by atoms with Gasteiger partial charge in [-0.2, -0.15) is 13.2 Å². The molecule has 0 atom stereocenters. The fourth-order valence-electron chi connectivity index (χ4n) is 8.34. The fourth-order valence-corrected chi connectivity index (χ4v) is 9.85. The predicted molar refractivity (Wildman–Crippen MR) is 245 cm³/mol. The summed E-state index contributed by atoms with van der Waals surface area (Å²) in [6.07, 6.45) is 6.67. The van der Waals surface area contributed by atoms with E-state index in [2.05, 4.69) is 60.7 Å². The number of fused-ring (bicyclic) bond motifs is 1. The number of H-pyrrole nitrogens is 1. The smallest absolute Gasteiger partial charge is 0.446 e. The van der Waals surface area contributed by atoms with Crippen molar-refractivity contribution in [1.82, 2.24) is 24.5 Å². The van der Waals surface area contributed by atoms with Gasteiger partial charge in [0.1, 0.15) is 17.1 Å². The summed E-state index contributed by atoms with van der Waals surface area (Å²) in [5, 5.41) is 4.77. The zero-order chi connectivity index (χ0) is 43.3. The number of benzene rings is 3. The Morgan fingerprint density at radius 3 is 2.53 bits per heavy atom. The lowest BCUT2D eigenvalue weighted by molar-refractivity contribution is -0.0328.